The summed E-state index contributed by atoms with van der Waals surface area (Å²) < 4.78 is 17.3. The van der Waals surface area contributed by atoms with E-state index in [1.54, 1.807) is 49.3 Å². The maximum atomic E-state index is 13.8. The third-order valence-corrected chi connectivity index (χ3v) is 6.48. The van der Waals surface area contributed by atoms with E-state index in [9.17, 15) is 14.0 Å². The van der Waals surface area contributed by atoms with Crippen LogP contribution in [0.1, 0.15) is 23.7 Å². The van der Waals surface area contributed by atoms with Gasteiger partial charge in [0.2, 0.25) is 5.91 Å². The van der Waals surface area contributed by atoms with Crippen LogP contribution in [0.2, 0.25) is 0 Å². The average Bonchev–Trinajstić information content (AvgIpc) is 3.34. The monoisotopic (exact) mass is 498 g/mol. The number of hydrogen-bond donors (Lipinski definition) is 2. The van der Waals surface area contributed by atoms with Crippen LogP contribution < -0.4 is 16.2 Å². The molecule has 0 aliphatic heterocycles. The van der Waals surface area contributed by atoms with Crippen molar-refractivity contribution in [2.24, 2.45) is 0 Å². The molecule has 0 saturated heterocycles. The lowest BCUT2D eigenvalue weighted by atomic mass is 10.0. The number of pyridine rings is 1. The zero-order valence-electron chi connectivity index (χ0n) is 20.6. The summed E-state index contributed by atoms with van der Waals surface area (Å²) in [6, 6.07) is 12.9. The van der Waals surface area contributed by atoms with E-state index in [-0.39, 0.29) is 18.3 Å². The molecule has 3 heterocycles. The number of nitrogens with zero attached hydrogens (tertiary/aromatic N) is 4. The molecular formula is C28H27FN6O2. The van der Waals surface area contributed by atoms with Gasteiger partial charge >= 0.3 is 0 Å². The Morgan fingerprint density at radius 3 is 2.78 bits per heavy atom. The van der Waals surface area contributed by atoms with Crippen LogP contribution in [0.3, 0.4) is 0 Å². The number of rotatable bonds is 7. The van der Waals surface area contributed by atoms with Gasteiger partial charge in [0.1, 0.15) is 6.17 Å². The number of aromatic nitrogens is 4. The zero-order valence-corrected chi connectivity index (χ0v) is 20.6. The number of carbonyl (C=O) groups is 1. The number of nitrogens with one attached hydrogen (secondary N) is 2. The van der Waals surface area contributed by atoms with Gasteiger partial charge in [-0.2, -0.15) is 0 Å². The standard InChI is InChI=1S/C28H27FN6O2/c1-18(30-2)27(36)33-26-28(37)35(25(16-32-26)20-6-4-3-5-7-20)17-19-12-23(15-31-14-19)34-11-10-21-13-22(29)8-9-24(21)34/h3-12,14-16,18,22,30H,13,17H2,1-2H3,(H,32,33,36)/t18-,22?/m0/s1. The Morgan fingerprint density at radius 1 is 1.19 bits per heavy atom. The number of fused-ring (bicyclic) bond motifs is 1. The fraction of sp³-hybridized carbons (Fsp3) is 0.214. The Hall–Kier alpha value is -4.37. The number of carbonyl (C=O) groups excluding carboxylic acids is 1. The third-order valence-electron chi connectivity index (χ3n) is 6.48. The van der Waals surface area contributed by atoms with Crippen LogP contribution >= 0.6 is 0 Å². The van der Waals surface area contributed by atoms with Gasteiger partial charge in [0, 0.05) is 24.5 Å². The van der Waals surface area contributed by atoms with Crippen molar-refractivity contribution in [1.29, 1.82) is 0 Å². The van der Waals surface area contributed by atoms with Crippen molar-refractivity contribution in [3.8, 4) is 16.9 Å². The molecule has 1 aromatic carbocycles. The van der Waals surface area contributed by atoms with Gasteiger partial charge in [-0.15, -0.1) is 0 Å². The molecule has 188 valence electrons. The first kappa shape index (κ1) is 24.3. The zero-order chi connectivity index (χ0) is 25.9. The van der Waals surface area contributed by atoms with Gasteiger partial charge in [0.15, 0.2) is 5.82 Å². The molecule has 0 radical (unpaired) electrons. The fourth-order valence-electron chi connectivity index (χ4n) is 4.34. The number of anilines is 1. The van der Waals surface area contributed by atoms with Gasteiger partial charge in [0.05, 0.1) is 36.4 Å². The van der Waals surface area contributed by atoms with E-state index in [4.69, 9.17) is 0 Å². The summed E-state index contributed by atoms with van der Waals surface area (Å²) in [5.41, 5.74) is 4.47. The molecule has 1 unspecified atom stereocenters. The summed E-state index contributed by atoms with van der Waals surface area (Å²) in [7, 11) is 1.67. The minimum absolute atomic E-state index is 0.0405. The number of alkyl halides is 1. The summed E-state index contributed by atoms with van der Waals surface area (Å²) in [6.45, 7) is 1.91. The predicted molar refractivity (Wildman–Crippen MR) is 141 cm³/mol. The lowest BCUT2D eigenvalue weighted by Crippen LogP contribution is -2.38. The van der Waals surface area contributed by atoms with Crippen LogP contribution in [0.5, 0.6) is 0 Å². The van der Waals surface area contributed by atoms with Crippen molar-refractivity contribution >= 4 is 17.8 Å². The number of halogens is 1. The number of hydrogen-bond acceptors (Lipinski definition) is 5. The number of likely N-dealkylation sites (N-methyl/N-ethyl adjacent to an activating group) is 1. The van der Waals surface area contributed by atoms with Crippen LogP contribution in [0.25, 0.3) is 23.0 Å². The van der Waals surface area contributed by atoms with Crippen LogP contribution in [-0.2, 0) is 17.8 Å². The van der Waals surface area contributed by atoms with E-state index in [0.29, 0.717) is 12.1 Å². The summed E-state index contributed by atoms with van der Waals surface area (Å²) in [5, 5.41) is 5.49. The summed E-state index contributed by atoms with van der Waals surface area (Å²) in [4.78, 5) is 34.7. The van der Waals surface area contributed by atoms with Gasteiger partial charge in [0.25, 0.3) is 5.56 Å². The highest BCUT2D eigenvalue weighted by Crippen LogP contribution is 2.26. The van der Waals surface area contributed by atoms with Crippen molar-refractivity contribution < 1.29 is 9.18 Å². The second kappa shape index (κ2) is 10.3. The summed E-state index contributed by atoms with van der Waals surface area (Å²) in [6.07, 6.45) is 9.65. The van der Waals surface area contributed by atoms with Gasteiger partial charge < -0.3 is 15.2 Å². The molecule has 2 N–H and O–H groups in total. The van der Waals surface area contributed by atoms with Gasteiger partial charge in [-0.1, -0.05) is 30.3 Å². The van der Waals surface area contributed by atoms with Crippen molar-refractivity contribution in [3.63, 3.8) is 0 Å². The van der Waals surface area contributed by atoms with Gasteiger partial charge in [-0.05, 0) is 54.9 Å². The van der Waals surface area contributed by atoms with Crippen LogP contribution in [0, 0.1) is 0 Å². The smallest absolute Gasteiger partial charge is 0.294 e. The maximum Gasteiger partial charge on any atom is 0.294 e. The Kier molecular flexibility index (Phi) is 6.78. The van der Waals surface area contributed by atoms with Crippen molar-refractivity contribution in [1.82, 2.24) is 24.4 Å². The van der Waals surface area contributed by atoms with Crippen molar-refractivity contribution in [2.45, 2.75) is 32.1 Å². The van der Waals surface area contributed by atoms with E-state index in [2.05, 4.69) is 20.6 Å². The summed E-state index contributed by atoms with van der Waals surface area (Å²) in [5.74, 6) is -0.392. The first-order valence-electron chi connectivity index (χ1n) is 12.0. The minimum atomic E-state index is -0.978. The number of allylic oxidation sites excluding steroid dienone is 1. The molecule has 8 nitrogen and oxygen atoms in total. The molecule has 1 aliphatic rings. The quantitative estimate of drug-likeness (QED) is 0.406. The van der Waals surface area contributed by atoms with Crippen molar-refractivity contribution in [3.05, 3.63) is 101 Å². The molecule has 1 aliphatic carbocycles. The van der Waals surface area contributed by atoms with Crippen molar-refractivity contribution in [2.75, 3.05) is 12.4 Å². The molecule has 0 fully saturated rings. The van der Waals surface area contributed by atoms with Crippen LogP contribution in [0.4, 0.5) is 10.2 Å². The Morgan fingerprint density at radius 2 is 2.00 bits per heavy atom. The first-order valence-corrected chi connectivity index (χ1v) is 12.0. The molecule has 1 amide bonds. The van der Waals surface area contributed by atoms with Gasteiger partial charge in [-0.25, -0.2) is 9.37 Å². The Balaban J connectivity index is 1.54. The topological polar surface area (TPSA) is 93.8 Å². The lowest BCUT2D eigenvalue weighted by molar-refractivity contribution is -0.117. The largest absolute Gasteiger partial charge is 0.315 e. The SMILES string of the molecule is CN[C@@H](C)C(=O)Nc1ncc(-c2ccccc2)n(Cc2cncc(-n3ccc4c3C=CC(F)C4)c2)c1=O. The Labute approximate surface area is 213 Å². The molecule has 4 aromatic rings. The second-order valence-electron chi connectivity index (χ2n) is 8.98. The molecular weight excluding hydrogens is 471 g/mol. The molecule has 5 rings (SSSR count). The molecule has 0 saturated carbocycles. The Bertz CT molecular complexity index is 1530. The predicted octanol–water partition coefficient (Wildman–Crippen LogP) is 3.60. The number of benzene rings is 1. The lowest BCUT2D eigenvalue weighted by Gasteiger charge is -2.17. The fourth-order valence-corrected chi connectivity index (χ4v) is 4.34. The first-order chi connectivity index (χ1) is 17.9. The molecule has 3 aromatic heterocycles. The van der Waals surface area contributed by atoms with E-state index < -0.39 is 17.8 Å². The van der Waals surface area contributed by atoms with Crippen LogP contribution in [0.15, 0.2) is 78.1 Å². The van der Waals surface area contributed by atoms with E-state index in [1.807, 2.05) is 53.2 Å². The van der Waals surface area contributed by atoms with E-state index in [0.717, 1.165) is 28.1 Å². The molecule has 9 heteroatoms. The third kappa shape index (κ3) is 4.99. The molecule has 37 heavy (non-hydrogen) atoms. The van der Waals surface area contributed by atoms with Gasteiger partial charge in [-0.3, -0.25) is 19.1 Å². The average molecular weight is 499 g/mol. The molecule has 0 bridgehead atoms. The highest BCUT2D eigenvalue weighted by molar-refractivity contribution is 5.93. The highest BCUT2D eigenvalue weighted by atomic mass is 19.1. The maximum absolute atomic E-state index is 13.8. The molecule has 2 atom stereocenters. The molecule has 0 spiro atoms. The van der Waals surface area contributed by atoms with E-state index >= 15 is 0 Å². The van der Waals surface area contributed by atoms with E-state index in [1.165, 1.54) is 0 Å². The highest BCUT2D eigenvalue weighted by Gasteiger charge is 2.19. The normalized spacial score (nSPS) is 15.3. The number of amides is 1. The second-order valence-corrected chi connectivity index (χ2v) is 8.98. The minimum Gasteiger partial charge on any atom is -0.315 e. The summed E-state index contributed by atoms with van der Waals surface area (Å²) >= 11 is 0. The van der Waals surface area contributed by atoms with Crippen LogP contribution in [-0.4, -0.2) is 44.3 Å².